The molecule has 22 heavy (non-hydrogen) atoms. The molecule has 0 aliphatic carbocycles. The zero-order chi connectivity index (χ0) is 15.4. The minimum absolute atomic E-state index is 0.355. The van der Waals surface area contributed by atoms with Gasteiger partial charge < -0.3 is 9.47 Å². The molecule has 1 fully saturated rings. The molecule has 0 N–H and O–H groups in total. The average molecular weight is 297 g/mol. The van der Waals surface area contributed by atoms with E-state index in [2.05, 4.69) is 65.0 Å². The molecule has 1 aliphatic rings. The number of hydrogen-bond acceptors (Lipinski definition) is 2. The van der Waals surface area contributed by atoms with E-state index in [4.69, 9.17) is 0 Å². The molecule has 0 amide bonds. The minimum atomic E-state index is 0.355. The van der Waals surface area contributed by atoms with Gasteiger partial charge in [0.05, 0.1) is 0 Å². The van der Waals surface area contributed by atoms with Crippen molar-refractivity contribution in [2.75, 3.05) is 20.1 Å². The Bertz CT molecular complexity index is 567. The van der Waals surface area contributed by atoms with E-state index in [1.165, 1.54) is 43.7 Å². The lowest BCUT2D eigenvalue weighted by Gasteiger charge is -2.29. The van der Waals surface area contributed by atoms with Crippen LogP contribution < -0.4 is 0 Å². The molecule has 0 spiro atoms. The molecule has 2 heterocycles. The molecule has 118 valence electrons. The summed E-state index contributed by atoms with van der Waals surface area (Å²) in [6.07, 6.45) is 8.05. The highest BCUT2D eigenvalue weighted by atomic mass is 15.1. The first-order chi connectivity index (χ1) is 10.7. The average Bonchev–Trinajstić information content (AvgIpc) is 3.03. The second kappa shape index (κ2) is 7.10. The topological polar surface area (TPSA) is 21.1 Å². The summed E-state index contributed by atoms with van der Waals surface area (Å²) in [4.78, 5) is 7.06. The normalized spacial score (nSPS) is 18.5. The van der Waals surface area contributed by atoms with Gasteiger partial charge in [-0.15, -0.1) is 0 Å². The Balaban J connectivity index is 1.62. The van der Waals surface area contributed by atoms with Crippen LogP contribution in [0.4, 0.5) is 0 Å². The van der Waals surface area contributed by atoms with Crippen molar-refractivity contribution in [1.29, 1.82) is 0 Å². The van der Waals surface area contributed by atoms with Gasteiger partial charge in [0.15, 0.2) is 0 Å². The van der Waals surface area contributed by atoms with E-state index < -0.39 is 0 Å². The summed E-state index contributed by atoms with van der Waals surface area (Å²) in [7, 11) is 2.23. The highest BCUT2D eigenvalue weighted by molar-refractivity contribution is 5.24. The summed E-state index contributed by atoms with van der Waals surface area (Å²) in [5, 5.41) is 0. The zero-order valence-electron chi connectivity index (χ0n) is 13.8. The van der Waals surface area contributed by atoms with Gasteiger partial charge in [-0.05, 0) is 50.9 Å². The van der Waals surface area contributed by atoms with Crippen LogP contribution in [0.15, 0.2) is 42.7 Å². The first kappa shape index (κ1) is 15.3. The summed E-state index contributed by atoms with van der Waals surface area (Å²) < 4.78 is 2.36. The van der Waals surface area contributed by atoms with Crippen LogP contribution in [0.5, 0.6) is 0 Å². The summed E-state index contributed by atoms with van der Waals surface area (Å²) >= 11 is 0. The van der Waals surface area contributed by atoms with Gasteiger partial charge in [0.2, 0.25) is 0 Å². The lowest BCUT2D eigenvalue weighted by atomic mass is 9.93. The number of aryl methyl sites for hydroxylation is 1. The fraction of sp³-hybridized carbons (Fsp3) is 0.526. The highest BCUT2D eigenvalue weighted by Gasteiger charge is 2.18. The van der Waals surface area contributed by atoms with E-state index in [9.17, 15) is 0 Å². The number of benzene rings is 1. The minimum Gasteiger partial charge on any atom is -0.334 e. The number of hydrogen-bond donors (Lipinski definition) is 0. The van der Waals surface area contributed by atoms with Crippen molar-refractivity contribution in [3.63, 3.8) is 0 Å². The molecule has 3 nitrogen and oxygen atoms in total. The summed E-state index contributed by atoms with van der Waals surface area (Å²) in [6, 6.07) is 10.7. The Labute approximate surface area is 134 Å². The molecule has 1 aromatic heterocycles. The Kier molecular flexibility index (Phi) is 4.94. The van der Waals surface area contributed by atoms with E-state index in [0.29, 0.717) is 5.92 Å². The molecule has 3 heteroatoms. The highest BCUT2D eigenvalue weighted by Crippen LogP contribution is 2.24. The van der Waals surface area contributed by atoms with E-state index >= 15 is 0 Å². The van der Waals surface area contributed by atoms with Crippen molar-refractivity contribution in [2.24, 2.45) is 5.92 Å². The van der Waals surface area contributed by atoms with E-state index in [1.54, 1.807) is 0 Å². The van der Waals surface area contributed by atoms with Crippen LogP contribution in [0.25, 0.3) is 0 Å². The molecular weight excluding hydrogens is 270 g/mol. The van der Waals surface area contributed by atoms with Gasteiger partial charge in [0.1, 0.15) is 5.82 Å². The SMILES string of the molecule is C[C@H](c1ccccc1)c1nccn1CCC1CCN(C)CC1. The molecule has 0 bridgehead atoms. The van der Waals surface area contributed by atoms with Crippen LogP contribution in [0.2, 0.25) is 0 Å². The number of piperidine rings is 1. The predicted octanol–water partition coefficient (Wildman–Crippen LogP) is 3.77. The Hall–Kier alpha value is -1.61. The lowest BCUT2D eigenvalue weighted by molar-refractivity contribution is 0.207. The molecule has 2 aromatic rings. The monoisotopic (exact) mass is 297 g/mol. The van der Waals surface area contributed by atoms with Gasteiger partial charge in [0.25, 0.3) is 0 Å². The lowest BCUT2D eigenvalue weighted by Crippen LogP contribution is -2.30. The third-order valence-corrected chi connectivity index (χ3v) is 5.05. The Morgan fingerprint density at radius 3 is 2.64 bits per heavy atom. The molecule has 1 aliphatic heterocycles. The molecule has 3 rings (SSSR count). The molecular formula is C19H27N3. The first-order valence-electron chi connectivity index (χ1n) is 8.48. The third-order valence-electron chi connectivity index (χ3n) is 5.05. The van der Waals surface area contributed by atoms with Crippen molar-refractivity contribution < 1.29 is 0 Å². The van der Waals surface area contributed by atoms with Crippen LogP contribution in [0.1, 0.15) is 43.5 Å². The number of imidazole rings is 1. The number of aromatic nitrogens is 2. The van der Waals surface area contributed by atoms with Crippen molar-refractivity contribution in [2.45, 2.75) is 38.6 Å². The maximum absolute atomic E-state index is 4.62. The molecule has 0 unspecified atom stereocenters. The first-order valence-corrected chi connectivity index (χ1v) is 8.48. The summed E-state index contributed by atoms with van der Waals surface area (Å²) in [5.74, 6) is 2.42. The number of nitrogens with zero attached hydrogens (tertiary/aromatic N) is 3. The Morgan fingerprint density at radius 2 is 1.91 bits per heavy atom. The standard InChI is InChI=1S/C19H27N3/c1-16(18-6-4-3-5-7-18)19-20-11-15-22(19)14-10-17-8-12-21(2)13-9-17/h3-7,11,15-17H,8-10,12-14H2,1-2H3/t16-/m1/s1. The molecule has 1 atom stereocenters. The third kappa shape index (κ3) is 3.58. The van der Waals surface area contributed by atoms with Crippen molar-refractivity contribution >= 4 is 0 Å². The molecule has 0 radical (unpaired) electrons. The maximum Gasteiger partial charge on any atom is 0.115 e. The van der Waals surface area contributed by atoms with Crippen molar-refractivity contribution in [3.8, 4) is 0 Å². The quantitative estimate of drug-likeness (QED) is 0.837. The Morgan fingerprint density at radius 1 is 1.18 bits per heavy atom. The maximum atomic E-state index is 4.62. The molecule has 0 saturated carbocycles. The summed E-state index contributed by atoms with van der Waals surface area (Å²) in [6.45, 7) is 5.86. The van der Waals surface area contributed by atoms with Gasteiger partial charge in [-0.1, -0.05) is 37.3 Å². The van der Waals surface area contributed by atoms with Gasteiger partial charge in [-0.2, -0.15) is 0 Å². The van der Waals surface area contributed by atoms with Crippen LogP contribution in [-0.4, -0.2) is 34.6 Å². The second-order valence-electron chi connectivity index (χ2n) is 6.65. The van der Waals surface area contributed by atoms with Gasteiger partial charge in [0, 0.05) is 24.9 Å². The number of rotatable bonds is 5. The predicted molar refractivity (Wildman–Crippen MR) is 91.0 cm³/mol. The second-order valence-corrected chi connectivity index (χ2v) is 6.65. The van der Waals surface area contributed by atoms with Crippen LogP contribution >= 0.6 is 0 Å². The van der Waals surface area contributed by atoms with E-state index in [-0.39, 0.29) is 0 Å². The molecule has 1 saturated heterocycles. The van der Waals surface area contributed by atoms with Gasteiger partial charge in [-0.3, -0.25) is 0 Å². The van der Waals surface area contributed by atoms with E-state index in [1.807, 2.05) is 6.20 Å². The summed E-state index contributed by atoms with van der Waals surface area (Å²) in [5.41, 5.74) is 1.34. The van der Waals surface area contributed by atoms with Gasteiger partial charge in [-0.25, -0.2) is 4.98 Å². The van der Waals surface area contributed by atoms with Crippen LogP contribution in [0.3, 0.4) is 0 Å². The largest absolute Gasteiger partial charge is 0.334 e. The van der Waals surface area contributed by atoms with Crippen molar-refractivity contribution in [3.05, 3.63) is 54.1 Å². The van der Waals surface area contributed by atoms with Crippen molar-refractivity contribution in [1.82, 2.24) is 14.5 Å². The zero-order valence-corrected chi connectivity index (χ0v) is 13.8. The van der Waals surface area contributed by atoms with Crippen LogP contribution in [-0.2, 0) is 6.54 Å². The van der Waals surface area contributed by atoms with Crippen LogP contribution in [0, 0.1) is 5.92 Å². The van der Waals surface area contributed by atoms with E-state index in [0.717, 1.165) is 12.5 Å². The smallest absolute Gasteiger partial charge is 0.115 e. The fourth-order valence-electron chi connectivity index (χ4n) is 3.45. The van der Waals surface area contributed by atoms with Gasteiger partial charge >= 0.3 is 0 Å². The molecule has 1 aromatic carbocycles. The number of likely N-dealkylation sites (tertiary alicyclic amines) is 1. The fourth-order valence-corrected chi connectivity index (χ4v) is 3.45.